The number of sulfonamides is 1. The highest BCUT2D eigenvalue weighted by atomic mass is 32.2. The first-order valence-electron chi connectivity index (χ1n) is 8.78. The molecule has 10 heteroatoms. The Bertz CT molecular complexity index is 960. The van der Waals surface area contributed by atoms with Crippen LogP contribution >= 0.6 is 0 Å². The summed E-state index contributed by atoms with van der Waals surface area (Å²) in [6, 6.07) is 5.55. The van der Waals surface area contributed by atoms with E-state index in [2.05, 4.69) is 9.97 Å². The highest BCUT2D eigenvalue weighted by molar-refractivity contribution is 7.88. The topological polar surface area (TPSA) is 104 Å². The lowest BCUT2D eigenvalue weighted by Gasteiger charge is -2.22. The fourth-order valence-electron chi connectivity index (χ4n) is 3.05. The number of benzene rings is 1. The Balaban J connectivity index is 1.88. The third-order valence-corrected chi connectivity index (χ3v) is 5.71. The summed E-state index contributed by atoms with van der Waals surface area (Å²) in [5.41, 5.74) is 0.615. The van der Waals surface area contributed by atoms with E-state index in [0.717, 1.165) is 19.1 Å². The molecule has 0 radical (unpaired) electrons. The predicted octanol–water partition coefficient (Wildman–Crippen LogP) is 1.88. The lowest BCUT2D eigenvalue weighted by Crippen LogP contribution is -2.30. The Hall–Kier alpha value is -2.59. The van der Waals surface area contributed by atoms with Crippen LogP contribution in [0.5, 0.6) is 0 Å². The zero-order valence-electron chi connectivity index (χ0n) is 15.4. The van der Waals surface area contributed by atoms with Gasteiger partial charge in [0.15, 0.2) is 0 Å². The van der Waals surface area contributed by atoms with Crippen molar-refractivity contribution in [1.29, 1.82) is 0 Å². The van der Waals surface area contributed by atoms with Gasteiger partial charge in [-0.2, -0.15) is 4.31 Å². The predicted molar refractivity (Wildman–Crippen MR) is 101 cm³/mol. The first kappa shape index (κ1) is 20.2. The molecule has 2 heterocycles. The fourth-order valence-corrected chi connectivity index (χ4v) is 3.78. The van der Waals surface area contributed by atoms with E-state index in [9.17, 15) is 22.7 Å². The maximum atomic E-state index is 13.1. The van der Waals surface area contributed by atoms with Crippen LogP contribution in [0.1, 0.15) is 34.6 Å². The Labute approximate surface area is 162 Å². The standard InChI is InChI=1S/C18H21FN4O4S/c1-28(26,27)23(11-13-4-6-14(19)7-5-13)12-16-20-10-15(18(24)25)17(21-16)22-8-2-3-9-22/h4-7,10H,2-3,8-9,11-12H2,1H3,(H,24,25). The Morgan fingerprint density at radius 2 is 1.86 bits per heavy atom. The highest BCUT2D eigenvalue weighted by Crippen LogP contribution is 2.23. The van der Waals surface area contributed by atoms with Gasteiger partial charge in [-0.15, -0.1) is 0 Å². The van der Waals surface area contributed by atoms with Gasteiger partial charge in [0.05, 0.1) is 12.8 Å². The van der Waals surface area contributed by atoms with Crippen molar-refractivity contribution in [2.45, 2.75) is 25.9 Å². The zero-order chi connectivity index (χ0) is 20.3. The van der Waals surface area contributed by atoms with Crippen molar-refractivity contribution in [3.63, 3.8) is 0 Å². The molecule has 1 aliphatic rings. The molecule has 0 saturated carbocycles. The van der Waals surface area contributed by atoms with Crippen LogP contribution in [0.25, 0.3) is 0 Å². The monoisotopic (exact) mass is 408 g/mol. The van der Waals surface area contributed by atoms with Gasteiger partial charge >= 0.3 is 5.97 Å². The number of hydrogen-bond donors (Lipinski definition) is 1. The van der Waals surface area contributed by atoms with Crippen LogP contribution < -0.4 is 4.90 Å². The van der Waals surface area contributed by atoms with E-state index in [1.807, 2.05) is 4.90 Å². The third kappa shape index (κ3) is 4.82. The number of hydrogen-bond acceptors (Lipinski definition) is 6. The van der Waals surface area contributed by atoms with Crippen molar-refractivity contribution in [3.05, 3.63) is 53.2 Å². The molecular weight excluding hydrogens is 387 g/mol. The van der Waals surface area contributed by atoms with Crippen molar-refractivity contribution in [3.8, 4) is 0 Å². The molecule has 0 atom stereocenters. The maximum Gasteiger partial charge on any atom is 0.341 e. The van der Waals surface area contributed by atoms with E-state index in [1.54, 1.807) is 0 Å². The second-order valence-corrected chi connectivity index (χ2v) is 8.66. The van der Waals surface area contributed by atoms with Gasteiger partial charge in [0.2, 0.25) is 10.0 Å². The number of halogens is 1. The number of anilines is 1. The Morgan fingerprint density at radius 1 is 1.21 bits per heavy atom. The highest BCUT2D eigenvalue weighted by Gasteiger charge is 2.24. The van der Waals surface area contributed by atoms with Crippen LogP contribution in [0.15, 0.2) is 30.5 Å². The smallest absolute Gasteiger partial charge is 0.341 e. The minimum absolute atomic E-state index is 0.00455. The molecule has 0 unspecified atom stereocenters. The average Bonchev–Trinajstić information content (AvgIpc) is 3.16. The molecule has 1 aliphatic heterocycles. The fraction of sp³-hybridized carbons (Fsp3) is 0.389. The number of carbonyl (C=O) groups is 1. The van der Waals surface area contributed by atoms with Crippen LogP contribution in [0, 0.1) is 5.82 Å². The van der Waals surface area contributed by atoms with Gasteiger partial charge in [-0.1, -0.05) is 12.1 Å². The van der Waals surface area contributed by atoms with Crippen LogP contribution in [0.4, 0.5) is 10.2 Å². The molecule has 1 N–H and O–H groups in total. The molecule has 2 aromatic rings. The van der Waals surface area contributed by atoms with Gasteiger partial charge < -0.3 is 10.0 Å². The number of aromatic nitrogens is 2. The molecule has 0 amide bonds. The van der Waals surface area contributed by atoms with Gasteiger partial charge in [0.25, 0.3) is 0 Å². The first-order valence-corrected chi connectivity index (χ1v) is 10.6. The summed E-state index contributed by atoms with van der Waals surface area (Å²) in [6.45, 7) is 1.31. The molecule has 1 saturated heterocycles. The second-order valence-electron chi connectivity index (χ2n) is 6.68. The van der Waals surface area contributed by atoms with E-state index >= 15 is 0 Å². The van der Waals surface area contributed by atoms with Gasteiger partial charge in [0.1, 0.15) is 23.0 Å². The minimum atomic E-state index is -3.60. The summed E-state index contributed by atoms with van der Waals surface area (Å²) >= 11 is 0. The lowest BCUT2D eigenvalue weighted by molar-refractivity contribution is 0.0696. The van der Waals surface area contributed by atoms with Gasteiger partial charge in [0, 0.05) is 25.8 Å². The van der Waals surface area contributed by atoms with Crippen molar-refractivity contribution in [1.82, 2.24) is 14.3 Å². The average molecular weight is 408 g/mol. The summed E-state index contributed by atoms with van der Waals surface area (Å²) in [7, 11) is -3.60. The van der Waals surface area contributed by atoms with Gasteiger partial charge in [-0.05, 0) is 30.5 Å². The van der Waals surface area contributed by atoms with Crippen LogP contribution in [0.3, 0.4) is 0 Å². The van der Waals surface area contributed by atoms with Crippen molar-refractivity contribution >= 4 is 21.8 Å². The van der Waals surface area contributed by atoms with Crippen LogP contribution in [0.2, 0.25) is 0 Å². The van der Waals surface area contributed by atoms with Crippen molar-refractivity contribution in [2.75, 3.05) is 24.2 Å². The molecule has 0 bridgehead atoms. The number of nitrogens with zero attached hydrogens (tertiary/aromatic N) is 4. The molecule has 150 valence electrons. The quantitative estimate of drug-likeness (QED) is 0.746. The number of carboxylic acids is 1. The second kappa shape index (κ2) is 8.19. The van der Waals surface area contributed by atoms with Crippen LogP contribution in [-0.2, 0) is 23.1 Å². The molecule has 8 nitrogen and oxygen atoms in total. The molecule has 0 spiro atoms. The van der Waals surface area contributed by atoms with Crippen LogP contribution in [-0.4, -0.2) is 53.1 Å². The summed E-state index contributed by atoms with van der Waals surface area (Å²) in [5, 5.41) is 9.40. The SMILES string of the molecule is CS(=O)(=O)N(Cc1ccc(F)cc1)Cc1ncc(C(=O)O)c(N2CCCC2)n1. The first-order chi connectivity index (χ1) is 13.2. The number of rotatable bonds is 7. The molecular formula is C18H21FN4O4S. The third-order valence-electron chi connectivity index (χ3n) is 4.51. The van der Waals surface area contributed by atoms with E-state index in [4.69, 9.17) is 0 Å². The number of aromatic carboxylic acids is 1. The largest absolute Gasteiger partial charge is 0.477 e. The normalized spacial score (nSPS) is 14.6. The molecule has 1 aromatic heterocycles. The number of carboxylic acid groups (broad SMARTS) is 1. The zero-order valence-corrected chi connectivity index (χ0v) is 16.2. The summed E-state index contributed by atoms with van der Waals surface area (Å²) in [5.74, 6) is -1.01. The van der Waals surface area contributed by atoms with Crippen molar-refractivity contribution < 1.29 is 22.7 Å². The summed E-state index contributed by atoms with van der Waals surface area (Å²) in [6.07, 6.45) is 4.18. The van der Waals surface area contributed by atoms with E-state index in [0.29, 0.717) is 24.5 Å². The summed E-state index contributed by atoms with van der Waals surface area (Å²) < 4.78 is 38.7. The van der Waals surface area contributed by atoms with E-state index < -0.39 is 21.8 Å². The van der Waals surface area contributed by atoms with E-state index in [1.165, 1.54) is 34.8 Å². The Kier molecular flexibility index (Phi) is 5.90. The minimum Gasteiger partial charge on any atom is -0.477 e. The molecule has 1 aromatic carbocycles. The van der Waals surface area contributed by atoms with Crippen molar-refractivity contribution in [2.24, 2.45) is 0 Å². The Morgan fingerprint density at radius 3 is 2.43 bits per heavy atom. The van der Waals surface area contributed by atoms with Gasteiger partial charge in [-0.3, -0.25) is 0 Å². The molecule has 3 rings (SSSR count). The van der Waals surface area contributed by atoms with E-state index in [-0.39, 0.29) is 24.5 Å². The molecule has 1 fully saturated rings. The molecule has 28 heavy (non-hydrogen) atoms. The maximum absolute atomic E-state index is 13.1. The molecule has 0 aliphatic carbocycles. The lowest BCUT2D eigenvalue weighted by atomic mass is 10.2. The van der Waals surface area contributed by atoms with Gasteiger partial charge in [-0.25, -0.2) is 27.6 Å². The summed E-state index contributed by atoms with van der Waals surface area (Å²) in [4.78, 5) is 21.8.